The van der Waals surface area contributed by atoms with Crippen LogP contribution in [0.25, 0.3) is 0 Å². The van der Waals surface area contributed by atoms with Crippen molar-refractivity contribution in [1.82, 2.24) is 5.32 Å². The Balaban J connectivity index is 2.25. The minimum atomic E-state index is -0.413. The maximum atomic E-state index is 11.2. The van der Waals surface area contributed by atoms with Crippen molar-refractivity contribution in [2.45, 2.75) is 39.0 Å². The minimum Gasteiger partial charge on any atom is -0.447 e. The third-order valence-electron chi connectivity index (χ3n) is 3.35. The molecule has 0 aromatic carbocycles. The summed E-state index contributed by atoms with van der Waals surface area (Å²) >= 11 is 0. The lowest BCUT2D eigenvalue weighted by Crippen LogP contribution is -2.36. The highest BCUT2D eigenvalue weighted by Gasteiger charge is 2.32. The van der Waals surface area contributed by atoms with Gasteiger partial charge in [0.1, 0.15) is 6.61 Å². The number of nitrogens with one attached hydrogen (secondary N) is 1. The standard InChI is InChI=1S/C11H21NO3/c1-2-11(5-3-4-6-11)9-12-10(14)15-8-7-13/h13H,2-9H2,1H3,(H,12,14). The second kappa shape index (κ2) is 5.95. The summed E-state index contributed by atoms with van der Waals surface area (Å²) in [7, 11) is 0. The lowest BCUT2D eigenvalue weighted by atomic mass is 9.83. The van der Waals surface area contributed by atoms with Crippen molar-refractivity contribution < 1.29 is 14.6 Å². The quantitative estimate of drug-likeness (QED) is 0.733. The van der Waals surface area contributed by atoms with E-state index >= 15 is 0 Å². The largest absolute Gasteiger partial charge is 0.447 e. The van der Waals surface area contributed by atoms with E-state index in [2.05, 4.69) is 12.2 Å². The van der Waals surface area contributed by atoms with Crippen LogP contribution in [0, 0.1) is 5.41 Å². The molecule has 0 aromatic heterocycles. The first-order valence-electron chi connectivity index (χ1n) is 5.74. The van der Waals surface area contributed by atoms with Gasteiger partial charge in [-0.15, -0.1) is 0 Å². The highest BCUT2D eigenvalue weighted by Crippen LogP contribution is 2.40. The monoisotopic (exact) mass is 215 g/mol. The van der Waals surface area contributed by atoms with Crippen LogP contribution in [0.4, 0.5) is 4.79 Å². The molecule has 0 atom stereocenters. The number of alkyl carbamates (subject to hydrolysis) is 1. The van der Waals surface area contributed by atoms with Crippen LogP contribution in [0.2, 0.25) is 0 Å². The molecule has 1 aliphatic rings. The molecule has 0 aliphatic heterocycles. The zero-order chi connectivity index (χ0) is 11.1. The van der Waals surface area contributed by atoms with Gasteiger partial charge < -0.3 is 15.2 Å². The molecule has 1 aliphatic carbocycles. The van der Waals surface area contributed by atoms with Crippen LogP contribution >= 0.6 is 0 Å². The Hall–Kier alpha value is -0.770. The number of carbonyl (C=O) groups is 1. The van der Waals surface area contributed by atoms with Crippen molar-refractivity contribution in [2.75, 3.05) is 19.8 Å². The number of ether oxygens (including phenoxy) is 1. The Morgan fingerprint density at radius 2 is 2.13 bits per heavy atom. The Kier molecular flexibility index (Phi) is 4.88. The molecule has 1 fully saturated rings. The fourth-order valence-electron chi connectivity index (χ4n) is 2.23. The zero-order valence-electron chi connectivity index (χ0n) is 9.42. The third-order valence-corrected chi connectivity index (χ3v) is 3.35. The topological polar surface area (TPSA) is 58.6 Å². The highest BCUT2D eigenvalue weighted by atomic mass is 16.6. The van der Waals surface area contributed by atoms with Gasteiger partial charge in [-0.25, -0.2) is 4.79 Å². The van der Waals surface area contributed by atoms with Crippen LogP contribution < -0.4 is 5.32 Å². The first-order valence-corrected chi connectivity index (χ1v) is 5.74. The molecular formula is C11H21NO3. The Labute approximate surface area is 91.0 Å². The molecule has 4 nitrogen and oxygen atoms in total. The van der Waals surface area contributed by atoms with E-state index in [1.54, 1.807) is 0 Å². The lowest BCUT2D eigenvalue weighted by molar-refractivity contribution is 0.114. The molecule has 1 saturated carbocycles. The van der Waals surface area contributed by atoms with Gasteiger partial charge in [0.15, 0.2) is 0 Å². The van der Waals surface area contributed by atoms with Crippen molar-refractivity contribution in [2.24, 2.45) is 5.41 Å². The summed E-state index contributed by atoms with van der Waals surface area (Å²) < 4.78 is 4.74. The lowest BCUT2D eigenvalue weighted by Gasteiger charge is -2.27. The van der Waals surface area contributed by atoms with Crippen LogP contribution in [-0.4, -0.2) is 31.0 Å². The van der Waals surface area contributed by atoms with Gasteiger partial charge in [0.05, 0.1) is 6.61 Å². The molecule has 15 heavy (non-hydrogen) atoms. The van der Waals surface area contributed by atoms with Crippen molar-refractivity contribution in [3.8, 4) is 0 Å². The first kappa shape index (κ1) is 12.3. The number of amides is 1. The zero-order valence-corrected chi connectivity index (χ0v) is 9.42. The van der Waals surface area contributed by atoms with Crippen LogP contribution in [0.5, 0.6) is 0 Å². The summed E-state index contributed by atoms with van der Waals surface area (Å²) in [6.45, 7) is 2.83. The van der Waals surface area contributed by atoms with E-state index in [9.17, 15) is 4.79 Å². The SMILES string of the molecule is CCC1(CNC(=O)OCCO)CCCC1. The number of carbonyl (C=O) groups excluding carboxylic acids is 1. The summed E-state index contributed by atoms with van der Waals surface area (Å²) in [4.78, 5) is 11.2. The molecule has 88 valence electrons. The number of aliphatic hydroxyl groups excluding tert-OH is 1. The van der Waals surface area contributed by atoms with Gasteiger partial charge in [-0.1, -0.05) is 19.8 Å². The molecule has 1 rings (SSSR count). The first-order chi connectivity index (χ1) is 7.22. The van der Waals surface area contributed by atoms with Gasteiger partial charge in [-0.2, -0.15) is 0 Å². The molecule has 0 radical (unpaired) electrons. The number of hydrogen-bond donors (Lipinski definition) is 2. The van der Waals surface area contributed by atoms with Crippen molar-refractivity contribution in [1.29, 1.82) is 0 Å². The molecule has 0 unspecified atom stereocenters. The molecule has 0 bridgehead atoms. The highest BCUT2D eigenvalue weighted by molar-refractivity contribution is 5.67. The predicted molar refractivity (Wildman–Crippen MR) is 57.6 cm³/mol. The maximum Gasteiger partial charge on any atom is 0.407 e. The van der Waals surface area contributed by atoms with Gasteiger partial charge in [0, 0.05) is 6.54 Å². The van der Waals surface area contributed by atoms with Crippen LogP contribution in [0.3, 0.4) is 0 Å². The average molecular weight is 215 g/mol. The van der Waals surface area contributed by atoms with Gasteiger partial charge in [0.2, 0.25) is 0 Å². The summed E-state index contributed by atoms with van der Waals surface area (Å²) in [5, 5.41) is 11.3. The second-order valence-corrected chi connectivity index (χ2v) is 4.27. The van der Waals surface area contributed by atoms with Crippen LogP contribution in [0.1, 0.15) is 39.0 Å². The van der Waals surface area contributed by atoms with E-state index < -0.39 is 6.09 Å². The van der Waals surface area contributed by atoms with E-state index in [1.165, 1.54) is 25.7 Å². The van der Waals surface area contributed by atoms with E-state index in [-0.39, 0.29) is 18.6 Å². The number of hydrogen-bond acceptors (Lipinski definition) is 3. The summed E-state index contributed by atoms with van der Waals surface area (Å²) in [6, 6.07) is 0. The van der Waals surface area contributed by atoms with E-state index in [4.69, 9.17) is 9.84 Å². The average Bonchev–Trinajstić information content (AvgIpc) is 2.73. The molecule has 0 heterocycles. The van der Waals surface area contributed by atoms with Gasteiger partial charge in [0.25, 0.3) is 0 Å². The minimum absolute atomic E-state index is 0.0744. The van der Waals surface area contributed by atoms with Crippen LogP contribution in [-0.2, 0) is 4.74 Å². The molecule has 2 N–H and O–H groups in total. The molecule has 1 amide bonds. The fourth-order valence-corrected chi connectivity index (χ4v) is 2.23. The second-order valence-electron chi connectivity index (χ2n) is 4.27. The van der Waals surface area contributed by atoms with Crippen molar-refractivity contribution in [3.05, 3.63) is 0 Å². The smallest absolute Gasteiger partial charge is 0.407 e. The van der Waals surface area contributed by atoms with Crippen molar-refractivity contribution >= 4 is 6.09 Å². The third kappa shape index (κ3) is 3.70. The summed E-state index contributed by atoms with van der Waals surface area (Å²) in [6.07, 6.45) is 5.62. The van der Waals surface area contributed by atoms with E-state index in [0.29, 0.717) is 6.54 Å². The van der Waals surface area contributed by atoms with Crippen LogP contribution in [0.15, 0.2) is 0 Å². The Bertz CT molecular complexity index is 200. The molecular weight excluding hydrogens is 194 g/mol. The van der Waals surface area contributed by atoms with Gasteiger partial charge in [-0.3, -0.25) is 0 Å². The molecule has 0 saturated heterocycles. The van der Waals surface area contributed by atoms with E-state index in [1.807, 2.05) is 0 Å². The molecule has 0 spiro atoms. The van der Waals surface area contributed by atoms with Gasteiger partial charge in [-0.05, 0) is 24.7 Å². The summed E-state index contributed by atoms with van der Waals surface area (Å²) in [5.74, 6) is 0. The number of rotatable bonds is 5. The normalized spacial score (nSPS) is 18.8. The molecule has 4 heteroatoms. The molecule has 0 aromatic rings. The number of aliphatic hydroxyl groups is 1. The van der Waals surface area contributed by atoms with Crippen molar-refractivity contribution in [3.63, 3.8) is 0 Å². The maximum absolute atomic E-state index is 11.2. The fraction of sp³-hybridized carbons (Fsp3) is 0.909. The Morgan fingerprint density at radius 3 is 2.67 bits per heavy atom. The van der Waals surface area contributed by atoms with E-state index in [0.717, 1.165) is 6.42 Å². The van der Waals surface area contributed by atoms with Gasteiger partial charge >= 0.3 is 6.09 Å². The summed E-state index contributed by atoms with van der Waals surface area (Å²) in [5.41, 5.74) is 0.290. The Morgan fingerprint density at radius 1 is 1.47 bits per heavy atom. The predicted octanol–water partition coefficient (Wildman–Crippen LogP) is 1.68.